The Hall–Kier alpha value is -4.47. The quantitative estimate of drug-likeness (QED) is 0.159. The summed E-state index contributed by atoms with van der Waals surface area (Å²) in [6.45, 7) is 2.08. The summed E-state index contributed by atoms with van der Waals surface area (Å²) in [5.41, 5.74) is 10.5. The van der Waals surface area contributed by atoms with Gasteiger partial charge >= 0.3 is 0 Å². The number of benzene rings is 3. The molecule has 4 N–H and O–H groups in total. The van der Waals surface area contributed by atoms with Crippen LogP contribution in [0.15, 0.2) is 78.8 Å². The van der Waals surface area contributed by atoms with Gasteiger partial charge in [0.1, 0.15) is 12.1 Å². The van der Waals surface area contributed by atoms with Crippen LogP contribution >= 0.6 is 23.2 Å². The third kappa shape index (κ3) is 5.41. The zero-order chi connectivity index (χ0) is 30.1. The fourth-order valence-corrected chi connectivity index (χ4v) is 5.62. The Kier molecular flexibility index (Phi) is 7.42. The van der Waals surface area contributed by atoms with Crippen molar-refractivity contribution in [3.05, 3.63) is 111 Å². The number of hydrazine groups is 2. The molecule has 8 nitrogen and oxygen atoms in total. The van der Waals surface area contributed by atoms with Crippen LogP contribution in [-0.4, -0.2) is 16.0 Å². The van der Waals surface area contributed by atoms with Gasteiger partial charge in [-0.05, 0) is 43.0 Å². The maximum Gasteiger partial charge on any atom is 0.103 e. The molecule has 1 saturated carbocycles. The summed E-state index contributed by atoms with van der Waals surface area (Å²) >= 11 is 13.5. The summed E-state index contributed by atoms with van der Waals surface area (Å²) < 4.78 is 9.80. The predicted molar refractivity (Wildman–Crippen MR) is 166 cm³/mol. The van der Waals surface area contributed by atoms with Crippen molar-refractivity contribution < 1.29 is 1.37 Å². The van der Waals surface area contributed by atoms with Gasteiger partial charge in [0.25, 0.3) is 0 Å². The summed E-state index contributed by atoms with van der Waals surface area (Å²) in [4.78, 5) is 4.50. The van der Waals surface area contributed by atoms with E-state index < -0.39 is 6.02 Å². The molecule has 1 aromatic heterocycles. The first kappa shape index (κ1) is 26.4. The van der Waals surface area contributed by atoms with Crippen LogP contribution in [0.4, 0.5) is 11.4 Å². The number of hydrogen-bond acceptors (Lipinski definition) is 8. The van der Waals surface area contributed by atoms with Crippen LogP contribution in [0.1, 0.15) is 61.9 Å². The van der Waals surface area contributed by atoms with E-state index in [1.165, 1.54) is 6.20 Å². The molecule has 1 fully saturated rings. The monoisotopic (exact) mass is 595 g/mol. The summed E-state index contributed by atoms with van der Waals surface area (Å²) in [5.74, 6) is 0. The molecule has 6 rings (SSSR count). The zero-order valence-corrected chi connectivity index (χ0v) is 24.3. The third-order valence-electron chi connectivity index (χ3n) is 7.43. The van der Waals surface area contributed by atoms with Gasteiger partial charge in [0.15, 0.2) is 0 Å². The minimum atomic E-state index is -1.65. The number of hydrogen-bond donors (Lipinski definition) is 4. The lowest BCUT2D eigenvalue weighted by atomic mass is 10.00. The summed E-state index contributed by atoms with van der Waals surface area (Å²) in [5, 5.41) is 29.7. The Labute approximate surface area is 255 Å². The molecular weight excluding hydrogens is 567 g/mol. The van der Waals surface area contributed by atoms with E-state index in [2.05, 4.69) is 45.6 Å². The van der Waals surface area contributed by atoms with E-state index in [1.54, 1.807) is 24.3 Å². The van der Waals surface area contributed by atoms with Gasteiger partial charge in [0, 0.05) is 35.1 Å². The fourth-order valence-electron chi connectivity index (χ4n) is 5.09. The van der Waals surface area contributed by atoms with Crippen LogP contribution in [0.2, 0.25) is 10.0 Å². The molecule has 1 aliphatic carbocycles. The number of nitrogens with one attached hydrogen (secondary N) is 4. The number of nitriles is 2. The van der Waals surface area contributed by atoms with Gasteiger partial charge in [-0.15, -0.1) is 5.53 Å². The first-order valence-corrected chi connectivity index (χ1v) is 14.4. The van der Waals surface area contributed by atoms with E-state index in [0.717, 1.165) is 24.8 Å². The molecule has 0 spiro atoms. The second-order valence-corrected chi connectivity index (χ2v) is 11.0. The van der Waals surface area contributed by atoms with Crippen molar-refractivity contribution in [2.45, 2.75) is 44.3 Å². The molecule has 0 radical (unpaired) electrons. The number of nitrogens with zero attached hydrogens (tertiary/aromatic N) is 4. The van der Waals surface area contributed by atoms with Crippen molar-refractivity contribution in [1.82, 2.24) is 21.0 Å². The second-order valence-electron chi connectivity index (χ2n) is 10.2. The van der Waals surface area contributed by atoms with Crippen LogP contribution in [0.3, 0.4) is 0 Å². The molecule has 2 atom stereocenters. The van der Waals surface area contributed by atoms with Gasteiger partial charge in [-0.25, -0.2) is 0 Å². The molecule has 3 aromatic carbocycles. The van der Waals surface area contributed by atoms with E-state index in [0.29, 0.717) is 50.2 Å². The van der Waals surface area contributed by atoms with E-state index in [4.69, 9.17) is 23.2 Å². The Morgan fingerprint density at radius 2 is 1.86 bits per heavy atom. The van der Waals surface area contributed by atoms with Crippen LogP contribution in [-0.2, 0) is 0 Å². The molecule has 2 heterocycles. The van der Waals surface area contributed by atoms with Crippen molar-refractivity contribution in [2.75, 3.05) is 10.6 Å². The highest BCUT2D eigenvalue weighted by molar-refractivity contribution is 6.36. The Balaban J connectivity index is 1.48. The molecule has 4 aromatic rings. The standard InChI is InChI=1S/C32H28Cl2N8/c1-2-27(19-7-4-3-5-8-19)39-30-21(16-36)17-37-31-25(30)13-22(14-26(31)33)38-32(24-10-6-9-20(15-35)29(24)34)28-18-42(41-40-28)23-11-12-23/h3-10,13-14,17-18,23,27,32,38,40-41H,2,11-12H2,1H3,(H,37,39)/t27-,32-/m1/s1/i32D. The maximum atomic E-state index is 10.0. The van der Waals surface area contributed by atoms with Crippen LogP contribution < -0.4 is 21.6 Å². The Morgan fingerprint density at radius 1 is 1.07 bits per heavy atom. The van der Waals surface area contributed by atoms with Crippen molar-refractivity contribution in [2.24, 2.45) is 0 Å². The van der Waals surface area contributed by atoms with Gasteiger partial charge in [-0.2, -0.15) is 10.5 Å². The molecule has 0 bridgehead atoms. The number of halogens is 2. The molecule has 2 aliphatic rings. The third-order valence-corrected chi connectivity index (χ3v) is 8.12. The second kappa shape index (κ2) is 11.8. The molecule has 210 valence electrons. The number of anilines is 2. The zero-order valence-electron chi connectivity index (χ0n) is 23.7. The van der Waals surface area contributed by atoms with Crippen LogP contribution in [0.5, 0.6) is 0 Å². The Bertz CT molecular complexity index is 1810. The summed E-state index contributed by atoms with van der Waals surface area (Å²) in [6, 6.07) is 21.6. The predicted octanol–water partition coefficient (Wildman–Crippen LogP) is 7.33. The molecule has 0 unspecified atom stereocenters. The molecule has 1 aliphatic heterocycles. The molecule has 0 saturated heterocycles. The van der Waals surface area contributed by atoms with Crippen molar-refractivity contribution in [1.29, 1.82) is 10.5 Å². The molecule has 10 heteroatoms. The largest absolute Gasteiger partial charge is 0.377 e. The SMILES string of the molecule is [2H][C@](Nc1cc(Cl)c2ncc(C#N)c(N[C@H](CC)c3ccccc3)c2c1)(C1=CN(C2CC2)NN1)c1cccc(C#N)c1Cl. The van der Waals surface area contributed by atoms with Gasteiger partial charge in [-0.3, -0.25) is 9.99 Å². The highest BCUT2D eigenvalue weighted by atomic mass is 35.5. The summed E-state index contributed by atoms with van der Waals surface area (Å²) in [6.07, 6.45) is 6.25. The van der Waals surface area contributed by atoms with Crippen molar-refractivity contribution in [3.63, 3.8) is 0 Å². The Morgan fingerprint density at radius 3 is 2.57 bits per heavy atom. The fraction of sp³-hybridized carbons (Fsp3) is 0.219. The highest BCUT2D eigenvalue weighted by Crippen LogP contribution is 2.39. The maximum absolute atomic E-state index is 10.0. The van der Waals surface area contributed by atoms with Crippen LogP contribution in [0.25, 0.3) is 10.9 Å². The lowest BCUT2D eigenvalue weighted by Gasteiger charge is -2.24. The van der Waals surface area contributed by atoms with E-state index >= 15 is 0 Å². The first-order chi connectivity index (χ1) is 20.9. The van der Waals surface area contributed by atoms with E-state index in [-0.39, 0.29) is 16.6 Å². The lowest BCUT2D eigenvalue weighted by molar-refractivity contribution is 0.260. The number of aromatic nitrogens is 1. The molecular formula is C32H28Cl2N8. The number of rotatable bonds is 9. The normalized spacial score (nSPS) is 16.8. The van der Waals surface area contributed by atoms with Gasteiger partial charge in [-0.1, -0.05) is 72.6 Å². The van der Waals surface area contributed by atoms with Gasteiger partial charge < -0.3 is 16.1 Å². The van der Waals surface area contributed by atoms with Gasteiger partial charge in [0.2, 0.25) is 0 Å². The summed E-state index contributed by atoms with van der Waals surface area (Å²) in [7, 11) is 0. The average Bonchev–Trinajstić information content (AvgIpc) is 3.75. The first-order valence-electron chi connectivity index (χ1n) is 14.2. The number of fused-ring (bicyclic) bond motifs is 1. The topological polar surface area (TPSA) is 112 Å². The minimum absolute atomic E-state index is 0.0654. The van der Waals surface area contributed by atoms with Gasteiger partial charge in [0.05, 0.1) is 51.5 Å². The van der Waals surface area contributed by atoms with Crippen molar-refractivity contribution in [3.8, 4) is 12.1 Å². The average molecular weight is 597 g/mol. The molecule has 0 amide bonds. The smallest absolute Gasteiger partial charge is 0.103 e. The lowest BCUT2D eigenvalue weighted by Crippen LogP contribution is -2.38. The van der Waals surface area contributed by atoms with Crippen LogP contribution in [0, 0.1) is 22.7 Å². The molecule has 42 heavy (non-hydrogen) atoms. The highest BCUT2D eigenvalue weighted by Gasteiger charge is 2.33. The van der Waals surface area contributed by atoms with E-state index in [9.17, 15) is 11.9 Å². The minimum Gasteiger partial charge on any atom is -0.377 e. The van der Waals surface area contributed by atoms with Crippen molar-refractivity contribution >= 4 is 45.5 Å². The number of pyridine rings is 1. The van der Waals surface area contributed by atoms with E-state index in [1.807, 2.05) is 47.6 Å².